The first-order valence-corrected chi connectivity index (χ1v) is 8.40. The number of aliphatic hydroxyl groups excluding tert-OH is 2. The molecule has 1 aliphatic rings. The van der Waals surface area contributed by atoms with Gasteiger partial charge in [0, 0.05) is 30.5 Å². The number of methoxy groups -OCH3 is 1. The van der Waals surface area contributed by atoms with Crippen molar-refractivity contribution in [2.75, 3.05) is 13.7 Å². The molecule has 146 valence electrons. The molecule has 1 aromatic carbocycles. The topological polar surface area (TPSA) is 151 Å². The maximum atomic E-state index is 12.4. The summed E-state index contributed by atoms with van der Waals surface area (Å²) in [6.45, 7) is 0.0625. The molecule has 2 rings (SSSR count). The highest BCUT2D eigenvalue weighted by atomic mass is 16.5. The fourth-order valence-electron chi connectivity index (χ4n) is 2.65. The smallest absolute Gasteiger partial charge is 0.251 e. The Labute approximate surface area is 156 Å². The molecule has 0 aliphatic heterocycles. The minimum Gasteiger partial charge on any atom is -0.497 e. The molecular weight excluding hydrogens is 354 g/mol. The Hall–Kier alpha value is -2.91. The van der Waals surface area contributed by atoms with Crippen molar-refractivity contribution in [3.05, 3.63) is 41.5 Å². The van der Waals surface area contributed by atoms with Crippen LogP contribution in [0.25, 0.3) is 0 Å². The molecule has 0 bridgehead atoms. The van der Waals surface area contributed by atoms with Gasteiger partial charge in [-0.3, -0.25) is 14.4 Å². The van der Waals surface area contributed by atoms with Crippen LogP contribution in [0.15, 0.2) is 35.9 Å². The molecule has 9 heteroatoms. The van der Waals surface area contributed by atoms with E-state index in [4.69, 9.17) is 10.5 Å². The summed E-state index contributed by atoms with van der Waals surface area (Å²) < 4.78 is 5.03. The highest BCUT2D eigenvalue weighted by molar-refractivity contribution is 5.96. The number of hydrogen-bond donors (Lipinski definition) is 5. The van der Waals surface area contributed by atoms with Gasteiger partial charge < -0.3 is 31.3 Å². The monoisotopic (exact) mass is 377 g/mol. The number of primary amides is 1. The van der Waals surface area contributed by atoms with Gasteiger partial charge >= 0.3 is 0 Å². The summed E-state index contributed by atoms with van der Waals surface area (Å²) in [5, 5.41) is 25.3. The lowest BCUT2D eigenvalue weighted by molar-refractivity contribution is -0.119. The predicted octanol–water partition coefficient (Wildman–Crippen LogP) is -1.16. The molecule has 3 atom stereocenters. The second kappa shape index (κ2) is 9.15. The fraction of sp³-hybridized carbons (Fsp3) is 0.389. The lowest BCUT2D eigenvalue weighted by Gasteiger charge is -2.31. The van der Waals surface area contributed by atoms with Crippen molar-refractivity contribution in [2.45, 2.75) is 31.1 Å². The molecule has 0 spiro atoms. The average Bonchev–Trinajstić information content (AvgIpc) is 2.64. The first kappa shape index (κ1) is 20.4. The van der Waals surface area contributed by atoms with Crippen LogP contribution in [0.4, 0.5) is 0 Å². The molecular formula is C18H23N3O6. The van der Waals surface area contributed by atoms with Crippen molar-refractivity contribution in [3.8, 4) is 5.75 Å². The molecule has 0 radical (unpaired) electrons. The van der Waals surface area contributed by atoms with Crippen LogP contribution < -0.4 is 21.1 Å². The highest BCUT2D eigenvalue weighted by Gasteiger charge is 2.33. The Morgan fingerprint density at radius 2 is 1.85 bits per heavy atom. The van der Waals surface area contributed by atoms with E-state index in [1.165, 1.54) is 13.2 Å². The van der Waals surface area contributed by atoms with Crippen molar-refractivity contribution in [1.82, 2.24) is 10.6 Å². The van der Waals surface area contributed by atoms with Crippen LogP contribution in [0.3, 0.4) is 0 Å². The van der Waals surface area contributed by atoms with E-state index in [9.17, 15) is 24.6 Å². The van der Waals surface area contributed by atoms with Gasteiger partial charge in [-0.05, 0) is 24.3 Å². The van der Waals surface area contributed by atoms with Gasteiger partial charge in [-0.15, -0.1) is 0 Å². The third-order valence-corrected chi connectivity index (χ3v) is 4.17. The van der Waals surface area contributed by atoms with E-state index in [1.807, 2.05) is 0 Å². The molecule has 1 aromatic rings. The lowest BCUT2D eigenvalue weighted by Crippen LogP contribution is -2.51. The minimum absolute atomic E-state index is 0.0121. The van der Waals surface area contributed by atoms with Crippen LogP contribution in [0.5, 0.6) is 5.75 Å². The Kier molecular flexibility index (Phi) is 6.91. The number of aliphatic hydroxyl groups is 2. The van der Waals surface area contributed by atoms with Crippen LogP contribution in [0, 0.1) is 0 Å². The Morgan fingerprint density at radius 1 is 1.19 bits per heavy atom. The zero-order valence-corrected chi connectivity index (χ0v) is 14.8. The van der Waals surface area contributed by atoms with E-state index in [0.29, 0.717) is 11.3 Å². The number of nitrogens with one attached hydrogen (secondary N) is 2. The number of hydrogen-bond acceptors (Lipinski definition) is 6. The van der Waals surface area contributed by atoms with Crippen molar-refractivity contribution < 1.29 is 29.3 Å². The van der Waals surface area contributed by atoms with E-state index < -0.39 is 36.0 Å². The van der Waals surface area contributed by atoms with Crippen LogP contribution in [-0.4, -0.2) is 59.8 Å². The van der Waals surface area contributed by atoms with E-state index in [-0.39, 0.29) is 25.0 Å². The van der Waals surface area contributed by atoms with Crippen LogP contribution in [0.2, 0.25) is 0 Å². The Morgan fingerprint density at radius 3 is 2.44 bits per heavy atom. The Bertz CT molecular complexity index is 731. The summed E-state index contributed by atoms with van der Waals surface area (Å²) in [7, 11) is 1.51. The molecule has 9 nitrogen and oxygen atoms in total. The number of ether oxygens (including phenoxy) is 1. The standard InChI is InChI=1S/C18H23N3O6/c1-27-12-4-2-10(3-5-12)18(26)21-13-8-11(9-14(22)16(13)24)17(25)20-7-6-15(19)23/h2-5,8,13-14,16,22,24H,6-7,9H2,1H3,(H2,19,23)(H,20,25)(H,21,26). The molecule has 0 aromatic heterocycles. The summed E-state index contributed by atoms with van der Waals surface area (Å²) in [5.74, 6) is -0.922. The summed E-state index contributed by atoms with van der Waals surface area (Å²) in [6, 6.07) is 5.41. The minimum atomic E-state index is -1.26. The third kappa shape index (κ3) is 5.53. The second-order valence-electron chi connectivity index (χ2n) is 6.15. The number of carbonyl (C=O) groups is 3. The fourth-order valence-corrected chi connectivity index (χ4v) is 2.65. The van der Waals surface area contributed by atoms with E-state index >= 15 is 0 Å². The molecule has 6 N–H and O–H groups in total. The van der Waals surface area contributed by atoms with Gasteiger partial charge in [0.15, 0.2) is 0 Å². The number of carbonyl (C=O) groups excluding carboxylic acids is 3. The summed E-state index contributed by atoms with van der Waals surface area (Å²) in [4.78, 5) is 35.2. The van der Waals surface area contributed by atoms with E-state index in [2.05, 4.69) is 10.6 Å². The number of rotatable bonds is 7. The van der Waals surface area contributed by atoms with Crippen molar-refractivity contribution in [3.63, 3.8) is 0 Å². The largest absolute Gasteiger partial charge is 0.497 e. The first-order chi connectivity index (χ1) is 12.8. The normalized spacial score (nSPS) is 21.7. The first-order valence-electron chi connectivity index (χ1n) is 8.40. The van der Waals surface area contributed by atoms with Gasteiger partial charge in [-0.2, -0.15) is 0 Å². The molecule has 0 fully saturated rings. The van der Waals surface area contributed by atoms with Gasteiger partial charge in [-0.25, -0.2) is 0 Å². The van der Waals surface area contributed by atoms with Gasteiger partial charge in [0.2, 0.25) is 11.8 Å². The van der Waals surface area contributed by atoms with Gasteiger partial charge in [0.1, 0.15) is 11.9 Å². The van der Waals surface area contributed by atoms with Crippen molar-refractivity contribution >= 4 is 17.7 Å². The van der Waals surface area contributed by atoms with Gasteiger partial charge in [0.25, 0.3) is 5.91 Å². The summed E-state index contributed by atoms with van der Waals surface area (Å²) in [6.07, 6.45) is -1.15. The maximum Gasteiger partial charge on any atom is 0.251 e. The molecule has 3 unspecified atom stereocenters. The highest BCUT2D eigenvalue weighted by Crippen LogP contribution is 2.20. The molecule has 27 heavy (non-hydrogen) atoms. The zero-order valence-electron chi connectivity index (χ0n) is 14.8. The number of nitrogens with two attached hydrogens (primary N) is 1. The van der Waals surface area contributed by atoms with Gasteiger partial charge in [-0.1, -0.05) is 6.08 Å². The molecule has 1 aliphatic carbocycles. The quantitative estimate of drug-likeness (QED) is 0.404. The number of benzene rings is 1. The molecule has 3 amide bonds. The van der Waals surface area contributed by atoms with E-state index in [0.717, 1.165) is 0 Å². The third-order valence-electron chi connectivity index (χ3n) is 4.17. The van der Waals surface area contributed by atoms with Crippen LogP contribution >= 0.6 is 0 Å². The maximum absolute atomic E-state index is 12.4. The second-order valence-corrected chi connectivity index (χ2v) is 6.15. The molecule has 0 heterocycles. The summed E-state index contributed by atoms with van der Waals surface area (Å²) in [5.41, 5.74) is 5.56. The molecule has 0 saturated heterocycles. The van der Waals surface area contributed by atoms with Crippen LogP contribution in [0.1, 0.15) is 23.2 Å². The van der Waals surface area contributed by atoms with Crippen molar-refractivity contribution in [1.29, 1.82) is 0 Å². The number of amides is 3. The lowest BCUT2D eigenvalue weighted by atomic mass is 9.90. The van der Waals surface area contributed by atoms with Crippen LogP contribution in [-0.2, 0) is 9.59 Å². The van der Waals surface area contributed by atoms with E-state index in [1.54, 1.807) is 24.3 Å². The van der Waals surface area contributed by atoms with Crippen molar-refractivity contribution in [2.24, 2.45) is 5.73 Å². The van der Waals surface area contributed by atoms with Gasteiger partial charge in [0.05, 0.1) is 19.3 Å². The zero-order chi connectivity index (χ0) is 20.0. The SMILES string of the molecule is COc1ccc(C(=O)NC2C=C(C(=O)NCCC(N)=O)CC(O)C2O)cc1. The average molecular weight is 377 g/mol. The predicted molar refractivity (Wildman–Crippen MR) is 95.8 cm³/mol. The Balaban J connectivity index is 2.07. The summed E-state index contributed by atoms with van der Waals surface area (Å²) >= 11 is 0. The molecule has 0 saturated carbocycles.